The fourth-order valence-corrected chi connectivity index (χ4v) is 8.30. The van der Waals surface area contributed by atoms with Crippen LogP contribution in [0.15, 0.2) is 0 Å². The lowest BCUT2D eigenvalue weighted by molar-refractivity contribution is -0.161. The molecule has 3 N–H and O–H groups in total. The molecule has 0 aliphatic carbocycles. The zero-order chi connectivity index (χ0) is 50.0. The molecule has 0 spiro atoms. The Kier molecular flexibility index (Phi) is 41.7. The highest BCUT2D eigenvalue weighted by molar-refractivity contribution is 7.47. The number of phosphoric acid groups is 2. The van der Waals surface area contributed by atoms with Crippen molar-refractivity contribution in [3.05, 3.63) is 0 Å². The van der Waals surface area contributed by atoms with Gasteiger partial charge in [-0.15, -0.1) is 0 Å². The van der Waals surface area contributed by atoms with E-state index in [0.717, 1.165) is 109 Å². The van der Waals surface area contributed by atoms with Gasteiger partial charge < -0.3 is 33.8 Å². The highest BCUT2D eigenvalue weighted by Gasteiger charge is 2.30. The zero-order valence-electron chi connectivity index (χ0n) is 42.0. The Morgan fingerprint density at radius 1 is 0.418 bits per heavy atom. The quantitative estimate of drug-likeness (QED) is 0.0222. The second-order valence-electron chi connectivity index (χ2n) is 17.7. The van der Waals surface area contributed by atoms with Crippen molar-refractivity contribution in [3.8, 4) is 0 Å². The van der Waals surface area contributed by atoms with Crippen LogP contribution in [0.1, 0.15) is 221 Å². The van der Waals surface area contributed by atoms with Crippen molar-refractivity contribution >= 4 is 39.5 Å². The largest absolute Gasteiger partial charge is 0.472 e. The molecule has 0 aromatic rings. The summed E-state index contributed by atoms with van der Waals surface area (Å²) in [6.45, 7) is 6.78. The molecule has 3 unspecified atom stereocenters. The molecule has 0 radical (unpaired) electrons. The van der Waals surface area contributed by atoms with Gasteiger partial charge in [-0.1, -0.05) is 169 Å². The van der Waals surface area contributed by atoms with E-state index < -0.39 is 97.5 Å². The van der Waals surface area contributed by atoms with Crippen LogP contribution in [0.25, 0.3) is 0 Å². The Labute approximate surface area is 403 Å². The third-order valence-corrected chi connectivity index (χ3v) is 13.0. The summed E-state index contributed by atoms with van der Waals surface area (Å²) in [7, 11) is -9.83. The zero-order valence-corrected chi connectivity index (χ0v) is 43.8. The van der Waals surface area contributed by atoms with Crippen molar-refractivity contribution in [2.75, 3.05) is 39.6 Å². The van der Waals surface area contributed by atoms with Crippen LogP contribution in [0.4, 0.5) is 0 Å². The standard InChI is InChI=1S/C48H92O17P2/c1-6-10-13-20-26-31-45(50)58-37-43(64-47(52)33-28-22-15-12-8-3)39-62-66(54,55)60-35-42(49)36-61-67(56,57)63-40-44(38-59-46(51)32-27-21-14-11-7-2)65-48(53)34-29-24-19-17-16-18-23-25-30-41(5)9-4/h41-44,49H,6-40H2,1-5H3,(H,54,55)(H,56,57)/t41?,42-,43+,44+/m0/s1. The summed E-state index contributed by atoms with van der Waals surface area (Å²) >= 11 is 0. The van der Waals surface area contributed by atoms with Gasteiger partial charge in [-0.2, -0.15) is 0 Å². The molecule has 17 nitrogen and oxygen atoms in total. The number of aliphatic hydroxyl groups is 1. The molecule has 0 amide bonds. The van der Waals surface area contributed by atoms with E-state index in [1.807, 2.05) is 0 Å². The first-order chi connectivity index (χ1) is 32.1. The highest BCUT2D eigenvalue weighted by atomic mass is 31.2. The third kappa shape index (κ3) is 42.6. The number of aliphatic hydroxyl groups excluding tert-OH is 1. The van der Waals surface area contributed by atoms with Crippen molar-refractivity contribution in [2.24, 2.45) is 5.92 Å². The van der Waals surface area contributed by atoms with Crippen LogP contribution in [0.3, 0.4) is 0 Å². The fourth-order valence-electron chi connectivity index (χ4n) is 6.72. The summed E-state index contributed by atoms with van der Waals surface area (Å²) in [4.78, 5) is 70.7. The van der Waals surface area contributed by atoms with Gasteiger partial charge >= 0.3 is 39.5 Å². The first-order valence-corrected chi connectivity index (χ1v) is 28.7. The molecule has 67 heavy (non-hydrogen) atoms. The third-order valence-electron chi connectivity index (χ3n) is 11.1. The van der Waals surface area contributed by atoms with E-state index in [0.29, 0.717) is 25.7 Å². The summed E-state index contributed by atoms with van der Waals surface area (Å²) in [6.07, 6.45) is 20.8. The maximum Gasteiger partial charge on any atom is 0.472 e. The lowest BCUT2D eigenvalue weighted by Crippen LogP contribution is -2.30. The molecule has 396 valence electrons. The number of hydrogen-bond acceptors (Lipinski definition) is 15. The molecular formula is C48H92O17P2. The van der Waals surface area contributed by atoms with E-state index in [4.69, 9.17) is 37.0 Å². The highest BCUT2D eigenvalue weighted by Crippen LogP contribution is 2.45. The second kappa shape index (κ2) is 42.9. The molecule has 0 rings (SSSR count). The minimum Gasteiger partial charge on any atom is -0.462 e. The smallest absolute Gasteiger partial charge is 0.462 e. The Morgan fingerprint density at radius 2 is 0.716 bits per heavy atom. The molecule has 0 aromatic carbocycles. The lowest BCUT2D eigenvalue weighted by Gasteiger charge is -2.21. The minimum atomic E-state index is -4.92. The summed E-state index contributed by atoms with van der Waals surface area (Å²) in [5, 5.41) is 10.4. The van der Waals surface area contributed by atoms with Gasteiger partial charge in [0.2, 0.25) is 0 Å². The molecule has 0 bridgehead atoms. The van der Waals surface area contributed by atoms with Crippen LogP contribution in [-0.2, 0) is 65.4 Å². The van der Waals surface area contributed by atoms with Gasteiger partial charge in [0.1, 0.15) is 19.3 Å². The van der Waals surface area contributed by atoms with Crippen molar-refractivity contribution in [1.29, 1.82) is 0 Å². The SMILES string of the molecule is CCCCCCCC(=O)OC[C@H](COP(=O)(O)OC[C@H](O)COP(=O)(O)OC[C@@H](COC(=O)CCCCCCC)OC(=O)CCCCCCCCCCC(C)CC)OC(=O)CCCCCCC. The van der Waals surface area contributed by atoms with Gasteiger partial charge in [-0.3, -0.25) is 37.3 Å². The van der Waals surface area contributed by atoms with E-state index in [1.54, 1.807) is 0 Å². The normalized spacial score (nSPS) is 15.2. The summed E-state index contributed by atoms with van der Waals surface area (Å²) in [6, 6.07) is 0. The lowest BCUT2D eigenvalue weighted by atomic mass is 9.99. The summed E-state index contributed by atoms with van der Waals surface area (Å²) in [5.74, 6) is -1.42. The second-order valence-corrected chi connectivity index (χ2v) is 20.6. The number of carbonyl (C=O) groups excluding carboxylic acids is 4. The number of rotatable bonds is 48. The Hall–Kier alpha value is -1.94. The van der Waals surface area contributed by atoms with E-state index in [1.165, 1.54) is 32.1 Å². The van der Waals surface area contributed by atoms with Crippen molar-refractivity contribution < 1.29 is 80.2 Å². The van der Waals surface area contributed by atoms with Crippen LogP contribution < -0.4 is 0 Å². The first kappa shape index (κ1) is 65.1. The number of carbonyl (C=O) groups is 4. The minimum absolute atomic E-state index is 0.0983. The molecule has 0 aliphatic heterocycles. The van der Waals surface area contributed by atoms with Gasteiger partial charge in [-0.25, -0.2) is 9.13 Å². The Morgan fingerprint density at radius 3 is 1.06 bits per heavy atom. The number of phosphoric ester groups is 2. The molecule has 0 saturated carbocycles. The topological polar surface area (TPSA) is 237 Å². The molecule has 0 fully saturated rings. The van der Waals surface area contributed by atoms with Crippen LogP contribution in [-0.4, -0.2) is 96.7 Å². The number of esters is 4. The molecular weight excluding hydrogens is 910 g/mol. The van der Waals surface area contributed by atoms with Gasteiger partial charge in [-0.05, 0) is 31.6 Å². The van der Waals surface area contributed by atoms with Crippen LogP contribution in [0.5, 0.6) is 0 Å². The van der Waals surface area contributed by atoms with Crippen LogP contribution in [0, 0.1) is 5.92 Å². The predicted molar refractivity (Wildman–Crippen MR) is 257 cm³/mol. The van der Waals surface area contributed by atoms with Crippen molar-refractivity contribution in [3.63, 3.8) is 0 Å². The fraction of sp³-hybridized carbons (Fsp3) is 0.917. The number of unbranched alkanes of at least 4 members (excludes halogenated alkanes) is 19. The van der Waals surface area contributed by atoms with Gasteiger partial charge in [0.25, 0.3) is 0 Å². The molecule has 6 atom stereocenters. The molecule has 0 saturated heterocycles. The predicted octanol–water partition coefficient (Wildman–Crippen LogP) is 11.6. The Balaban J connectivity index is 5.10. The molecule has 19 heteroatoms. The Bertz CT molecular complexity index is 1350. The molecule has 0 aromatic heterocycles. The summed E-state index contributed by atoms with van der Waals surface area (Å²) < 4.78 is 66.7. The first-order valence-electron chi connectivity index (χ1n) is 25.7. The maximum absolute atomic E-state index is 12.8. The average Bonchev–Trinajstić information content (AvgIpc) is 3.29. The van der Waals surface area contributed by atoms with E-state index in [9.17, 15) is 43.2 Å². The molecule has 0 heterocycles. The van der Waals surface area contributed by atoms with Crippen molar-refractivity contribution in [1.82, 2.24) is 0 Å². The monoisotopic (exact) mass is 1000 g/mol. The van der Waals surface area contributed by atoms with E-state index in [-0.39, 0.29) is 25.7 Å². The molecule has 0 aliphatic rings. The van der Waals surface area contributed by atoms with Crippen molar-refractivity contribution in [2.45, 2.75) is 239 Å². The van der Waals surface area contributed by atoms with Gasteiger partial charge in [0.05, 0.1) is 26.4 Å². The van der Waals surface area contributed by atoms with Gasteiger partial charge in [0.15, 0.2) is 12.2 Å². The average molecular weight is 1000 g/mol. The van der Waals surface area contributed by atoms with E-state index in [2.05, 4.69) is 34.6 Å². The summed E-state index contributed by atoms with van der Waals surface area (Å²) in [5.41, 5.74) is 0. The van der Waals surface area contributed by atoms with Crippen LogP contribution >= 0.6 is 15.6 Å². The number of ether oxygens (including phenoxy) is 4. The maximum atomic E-state index is 12.8. The van der Waals surface area contributed by atoms with Crippen LogP contribution in [0.2, 0.25) is 0 Å². The number of hydrogen-bond donors (Lipinski definition) is 3. The van der Waals surface area contributed by atoms with Gasteiger partial charge in [0, 0.05) is 25.7 Å². The van der Waals surface area contributed by atoms with E-state index >= 15 is 0 Å².